The number of rotatable bonds is 5. The van der Waals surface area contributed by atoms with E-state index >= 15 is 0 Å². The third kappa shape index (κ3) is 4.54. The number of nitrogens with zero attached hydrogens (tertiary/aromatic N) is 2. The summed E-state index contributed by atoms with van der Waals surface area (Å²) < 4.78 is 5.37. The van der Waals surface area contributed by atoms with Crippen LogP contribution in [0, 0.1) is 0 Å². The maximum atomic E-state index is 10.5. The Morgan fingerprint density at radius 1 is 1.09 bits per heavy atom. The van der Waals surface area contributed by atoms with Gasteiger partial charge in [0.05, 0.1) is 19.3 Å². The van der Waals surface area contributed by atoms with Crippen molar-refractivity contribution >= 4 is 0 Å². The fourth-order valence-electron chi connectivity index (χ4n) is 4.01. The number of aliphatic hydroxyl groups is 1. The van der Waals surface area contributed by atoms with E-state index in [1.807, 2.05) is 0 Å². The summed E-state index contributed by atoms with van der Waals surface area (Å²) in [7, 11) is 0. The Hall–Kier alpha value is -0.940. The van der Waals surface area contributed by atoms with Crippen molar-refractivity contribution in [2.24, 2.45) is 0 Å². The monoisotopic (exact) mass is 318 g/mol. The smallest absolute Gasteiger partial charge is 0.0793 e. The van der Waals surface area contributed by atoms with E-state index in [2.05, 4.69) is 47.1 Å². The fraction of sp³-hybridized carbons (Fsp3) is 0.684. The van der Waals surface area contributed by atoms with Crippen molar-refractivity contribution in [3.8, 4) is 0 Å². The van der Waals surface area contributed by atoms with Gasteiger partial charge in [0.2, 0.25) is 0 Å². The molecule has 23 heavy (non-hydrogen) atoms. The molecule has 0 amide bonds. The van der Waals surface area contributed by atoms with Crippen LogP contribution in [-0.2, 0) is 10.2 Å². The Morgan fingerprint density at radius 2 is 1.78 bits per heavy atom. The maximum absolute atomic E-state index is 10.5. The van der Waals surface area contributed by atoms with E-state index in [9.17, 15) is 5.11 Å². The summed E-state index contributed by atoms with van der Waals surface area (Å²) >= 11 is 0. The Bertz CT molecular complexity index is 476. The number of likely N-dealkylation sites (tertiary alicyclic amines) is 1. The molecule has 0 spiro atoms. The first-order valence-electron chi connectivity index (χ1n) is 8.92. The number of ether oxygens (including phenoxy) is 1. The molecule has 0 saturated carbocycles. The second-order valence-electron chi connectivity index (χ2n) is 7.33. The van der Waals surface area contributed by atoms with Gasteiger partial charge in [-0.1, -0.05) is 37.3 Å². The zero-order valence-corrected chi connectivity index (χ0v) is 14.3. The van der Waals surface area contributed by atoms with Crippen LogP contribution >= 0.6 is 0 Å². The molecule has 1 aromatic carbocycles. The summed E-state index contributed by atoms with van der Waals surface area (Å²) in [6.07, 6.45) is 2.16. The molecule has 1 aromatic rings. The molecule has 2 saturated heterocycles. The molecule has 2 fully saturated rings. The molecular weight excluding hydrogens is 288 g/mol. The average Bonchev–Trinajstić information content (AvgIpc) is 2.56. The Morgan fingerprint density at radius 3 is 2.52 bits per heavy atom. The first-order chi connectivity index (χ1) is 11.2. The molecule has 3 rings (SSSR count). The molecule has 0 aromatic heterocycles. The molecule has 0 bridgehead atoms. The summed E-state index contributed by atoms with van der Waals surface area (Å²) in [5.74, 6) is 0. The van der Waals surface area contributed by atoms with E-state index in [1.165, 1.54) is 18.4 Å². The number of piperidine rings is 1. The fourth-order valence-corrected chi connectivity index (χ4v) is 4.01. The van der Waals surface area contributed by atoms with Crippen LogP contribution in [0.1, 0.15) is 25.3 Å². The second-order valence-corrected chi connectivity index (χ2v) is 7.33. The lowest BCUT2D eigenvalue weighted by molar-refractivity contribution is 0.00251. The third-order valence-corrected chi connectivity index (χ3v) is 5.29. The lowest BCUT2D eigenvalue weighted by Crippen LogP contribution is -2.49. The summed E-state index contributed by atoms with van der Waals surface area (Å²) in [4.78, 5) is 4.76. The zero-order chi connectivity index (χ0) is 16.1. The van der Waals surface area contributed by atoms with Crippen molar-refractivity contribution in [1.82, 2.24) is 9.80 Å². The average molecular weight is 318 g/mol. The van der Waals surface area contributed by atoms with Crippen LogP contribution in [0.4, 0.5) is 0 Å². The molecule has 0 unspecified atom stereocenters. The van der Waals surface area contributed by atoms with Gasteiger partial charge in [-0.25, -0.2) is 0 Å². The van der Waals surface area contributed by atoms with Gasteiger partial charge in [0.1, 0.15) is 0 Å². The minimum Gasteiger partial charge on any atom is -0.390 e. The molecule has 4 nitrogen and oxygen atoms in total. The maximum Gasteiger partial charge on any atom is 0.0793 e. The van der Waals surface area contributed by atoms with Gasteiger partial charge >= 0.3 is 0 Å². The topological polar surface area (TPSA) is 35.9 Å². The Kier molecular flexibility index (Phi) is 5.70. The van der Waals surface area contributed by atoms with Gasteiger partial charge in [-0.15, -0.1) is 0 Å². The van der Waals surface area contributed by atoms with E-state index in [0.717, 1.165) is 52.5 Å². The number of morpholine rings is 1. The van der Waals surface area contributed by atoms with Gasteiger partial charge in [-0.2, -0.15) is 0 Å². The highest BCUT2D eigenvalue weighted by molar-refractivity contribution is 5.25. The Labute approximate surface area is 140 Å². The highest BCUT2D eigenvalue weighted by atomic mass is 16.5. The van der Waals surface area contributed by atoms with Gasteiger partial charge < -0.3 is 9.84 Å². The summed E-state index contributed by atoms with van der Waals surface area (Å²) in [6, 6.07) is 10.8. The van der Waals surface area contributed by atoms with Crippen LogP contribution in [0.25, 0.3) is 0 Å². The molecule has 2 aliphatic rings. The lowest BCUT2D eigenvalue weighted by Gasteiger charge is -2.42. The molecule has 2 heterocycles. The summed E-state index contributed by atoms with van der Waals surface area (Å²) in [6.45, 7) is 9.52. The molecule has 2 atom stereocenters. The second kappa shape index (κ2) is 7.75. The zero-order valence-electron chi connectivity index (χ0n) is 14.3. The van der Waals surface area contributed by atoms with Gasteiger partial charge in [-0.3, -0.25) is 9.80 Å². The largest absolute Gasteiger partial charge is 0.390 e. The van der Waals surface area contributed by atoms with Crippen LogP contribution < -0.4 is 0 Å². The van der Waals surface area contributed by atoms with Crippen molar-refractivity contribution in [3.63, 3.8) is 0 Å². The highest BCUT2D eigenvalue weighted by Crippen LogP contribution is 2.33. The minimum absolute atomic E-state index is 0.207. The van der Waals surface area contributed by atoms with E-state index in [1.54, 1.807) is 0 Å². The van der Waals surface area contributed by atoms with Crippen molar-refractivity contribution in [1.29, 1.82) is 0 Å². The van der Waals surface area contributed by atoms with E-state index in [-0.39, 0.29) is 11.5 Å². The first-order valence-corrected chi connectivity index (χ1v) is 8.92. The molecular formula is C19H30N2O2. The minimum atomic E-state index is -0.272. The van der Waals surface area contributed by atoms with E-state index in [4.69, 9.17) is 4.74 Å². The standard InChI is InChI=1S/C19H30N2O2/c1-19(17-6-3-2-4-7-17)8-5-9-21(16-19)15-18(22)14-20-10-12-23-13-11-20/h2-4,6-7,18,22H,5,8-16H2,1H3/t18-,19-/m1/s1. The van der Waals surface area contributed by atoms with E-state index in [0.29, 0.717) is 0 Å². The molecule has 0 aliphatic carbocycles. The van der Waals surface area contributed by atoms with E-state index < -0.39 is 0 Å². The SMILES string of the molecule is C[C@@]1(c2ccccc2)CCCN(C[C@H](O)CN2CCOCC2)C1. The summed E-state index contributed by atoms with van der Waals surface area (Å²) in [5.41, 5.74) is 1.63. The predicted molar refractivity (Wildman–Crippen MR) is 92.7 cm³/mol. The number of hydrogen-bond acceptors (Lipinski definition) is 4. The van der Waals surface area contributed by atoms with Crippen LogP contribution in [0.5, 0.6) is 0 Å². The molecule has 4 heteroatoms. The van der Waals surface area contributed by atoms with Gasteiger partial charge in [0.15, 0.2) is 0 Å². The molecule has 1 N–H and O–H groups in total. The molecule has 0 radical (unpaired) electrons. The van der Waals surface area contributed by atoms with Crippen LogP contribution in [-0.4, -0.2) is 73.5 Å². The van der Waals surface area contributed by atoms with Crippen molar-refractivity contribution in [2.45, 2.75) is 31.3 Å². The van der Waals surface area contributed by atoms with Crippen molar-refractivity contribution < 1.29 is 9.84 Å². The van der Waals surface area contributed by atoms with Crippen molar-refractivity contribution in [2.75, 3.05) is 52.5 Å². The van der Waals surface area contributed by atoms with Crippen LogP contribution in [0.2, 0.25) is 0 Å². The number of β-amino-alcohol motifs (C(OH)–C–C–N with tert-alkyl or cyclic N) is 1. The van der Waals surface area contributed by atoms with Crippen molar-refractivity contribution in [3.05, 3.63) is 35.9 Å². The molecule has 2 aliphatic heterocycles. The number of aliphatic hydroxyl groups excluding tert-OH is 1. The van der Waals surface area contributed by atoms with Gasteiger partial charge in [0.25, 0.3) is 0 Å². The highest BCUT2D eigenvalue weighted by Gasteiger charge is 2.33. The summed E-state index contributed by atoms with van der Waals surface area (Å²) in [5, 5.41) is 10.5. The third-order valence-electron chi connectivity index (χ3n) is 5.29. The number of hydrogen-bond donors (Lipinski definition) is 1. The lowest BCUT2D eigenvalue weighted by atomic mass is 9.76. The Balaban J connectivity index is 1.54. The van der Waals surface area contributed by atoms with Gasteiger partial charge in [0, 0.05) is 38.1 Å². The number of benzene rings is 1. The van der Waals surface area contributed by atoms with Crippen LogP contribution in [0.15, 0.2) is 30.3 Å². The van der Waals surface area contributed by atoms with Crippen LogP contribution in [0.3, 0.4) is 0 Å². The quantitative estimate of drug-likeness (QED) is 0.897. The first kappa shape index (κ1) is 16.9. The molecule has 128 valence electrons. The predicted octanol–water partition coefficient (Wildman–Crippen LogP) is 1.73. The normalized spacial score (nSPS) is 28.6. The van der Waals surface area contributed by atoms with Gasteiger partial charge in [-0.05, 0) is 24.9 Å².